The van der Waals surface area contributed by atoms with Crippen molar-refractivity contribution in [2.75, 3.05) is 26.0 Å². The van der Waals surface area contributed by atoms with E-state index in [4.69, 9.17) is 15.2 Å². The molecule has 0 spiro atoms. The Labute approximate surface area is 124 Å². The molecule has 0 saturated carbocycles. The van der Waals surface area contributed by atoms with Crippen LogP contribution in [0.25, 0.3) is 0 Å². The van der Waals surface area contributed by atoms with Crippen LogP contribution in [0.15, 0.2) is 23.1 Å². The molecular formula is C13H20N2O5S. The zero-order valence-electron chi connectivity index (χ0n) is 12.0. The van der Waals surface area contributed by atoms with Gasteiger partial charge in [0.25, 0.3) is 0 Å². The van der Waals surface area contributed by atoms with E-state index in [1.165, 1.54) is 25.3 Å². The maximum atomic E-state index is 12.3. The van der Waals surface area contributed by atoms with Crippen LogP contribution in [0.4, 0.5) is 5.69 Å². The number of benzene rings is 1. The van der Waals surface area contributed by atoms with Gasteiger partial charge in [-0.05, 0) is 19.1 Å². The highest BCUT2D eigenvalue weighted by Gasteiger charge is 2.40. The highest BCUT2D eigenvalue weighted by molar-refractivity contribution is 7.89. The molecule has 1 aliphatic rings. The Morgan fingerprint density at radius 1 is 1.57 bits per heavy atom. The summed E-state index contributed by atoms with van der Waals surface area (Å²) < 4.78 is 37.2. The maximum absolute atomic E-state index is 12.3. The first-order valence-corrected chi connectivity index (χ1v) is 8.04. The largest absolute Gasteiger partial charge is 0.497 e. The summed E-state index contributed by atoms with van der Waals surface area (Å²) in [5.74, 6) is 0.475. The van der Waals surface area contributed by atoms with Crippen molar-refractivity contribution in [1.29, 1.82) is 0 Å². The van der Waals surface area contributed by atoms with Gasteiger partial charge in [0.2, 0.25) is 10.0 Å². The maximum Gasteiger partial charge on any atom is 0.242 e. The molecule has 1 aromatic rings. The number of aliphatic hydroxyl groups is 1. The summed E-state index contributed by atoms with van der Waals surface area (Å²) in [4.78, 5) is -0.0431. The minimum absolute atomic E-state index is 0.0431. The fraction of sp³-hybridized carbons (Fsp3) is 0.538. The summed E-state index contributed by atoms with van der Waals surface area (Å²) in [6.45, 7) is 2.00. The van der Waals surface area contributed by atoms with E-state index >= 15 is 0 Å². The summed E-state index contributed by atoms with van der Waals surface area (Å²) in [6.07, 6.45) is -0.0391. The van der Waals surface area contributed by atoms with Gasteiger partial charge in [0.1, 0.15) is 16.2 Å². The minimum Gasteiger partial charge on any atom is -0.497 e. The van der Waals surface area contributed by atoms with Crippen molar-refractivity contribution in [3.63, 3.8) is 0 Å². The smallest absolute Gasteiger partial charge is 0.242 e. The first kappa shape index (κ1) is 16.0. The lowest BCUT2D eigenvalue weighted by molar-refractivity contribution is -0.0228. The Morgan fingerprint density at radius 3 is 2.81 bits per heavy atom. The quantitative estimate of drug-likeness (QED) is 0.664. The predicted octanol–water partition coefficient (Wildman–Crippen LogP) is 0.0956. The van der Waals surface area contributed by atoms with E-state index in [2.05, 4.69) is 4.72 Å². The zero-order chi connectivity index (χ0) is 15.7. The van der Waals surface area contributed by atoms with Crippen molar-refractivity contribution in [2.24, 2.45) is 0 Å². The molecule has 4 N–H and O–H groups in total. The highest BCUT2D eigenvalue weighted by atomic mass is 32.2. The van der Waals surface area contributed by atoms with Crippen LogP contribution in [-0.4, -0.2) is 45.5 Å². The first-order chi connectivity index (χ1) is 9.78. The standard InChI is InChI=1S/C13H20N2O5S/c1-9-13(16,5-6-20-9)8-15-21(17,18)12-4-3-10(19-2)7-11(12)14/h3-4,7,9,15-16H,5-6,8,14H2,1-2H3. The molecule has 0 amide bonds. The van der Waals surface area contributed by atoms with Gasteiger partial charge in [0.05, 0.1) is 18.9 Å². The monoisotopic (exact) mass is 316 g/mol. The Bertz CT molecular complexity index is 619. The molecular weight excluding hydrogens is 296 g/mol. The summed E-state index contributed by atoms with van der Waals surface area (Å²) in [5.41, 5.74) is 4.63. The Balaban J connectivity index is 2.15. The lowest BCUT2D eigenvalue weighted by Crippen LogP contribution is -2.47. The second-order valence-electron chi connectivity index (χ2n) is 5.09. The molecule has 0 aromatic heterocycles. The van der Waals surface area contributed by atoms with Crippen molar-refractivity contribution >= 4 is 15.7 Å². The molecule has 2 unspecified atom stereocenters. The molecule has 0 aliphatic carbocycles. The number of nitrogens with two attached hydrogens (primary N) is 1. The number of sulfonamides is 1. The number of hydrogen-bond acceptors (Lipinski definition) is 6. The van der Waals surface area contributed by atoms with Gasteiger partial charge in [-0.1, -0.05) is 0 Å². The SMILES string of the molecule is COc1ccc(S(=O)(=O)NCC2(O)CCOC2C)c(N)c1. The summed E-state index contributed by atoms with van der Waals surface area (Å²) in [7, 11) is -2.34. The third-order valence-electron chi connectivity index (χ3n) is 3.73. The van der Waals surface area contributed by atoms with E-state index in [0.29, 0.717) is 18.8 Å². The van der Waals surface area contributed by atoms with Crippen molar-refractivity contribution in [3.05, 3.63) is 18.2 Å². The van der Waals surface area contributed by atoms with E-state index in [0.717, 1.165) is 0 Å². The molecule has 0 bridgehead atoms. The van der Waals surface area contributed by atoms with Gasteiger partial charge < -0.3 is 20.3 Å². The van der Waals surface area contributed by atoms with Crippen LogP contribution in [0.3, 0.4) is 0 Å². The van der Waals surface area contributed by atoms with Crippen LogP contribution in [0.5, 0.6) is 5.75 Å². The van der Waals surface area contributed by atoms with Crippen LogP contribution in [0.1, 0.15) is 13.3 Å². The van der Waals surface area contributed by atoms with Crippen molar-refractivity contribution in [2.45, 2.75) is 29.9 Å². The molecule has 1 aliphatic heterocycles. The second-order valence-corrected chi connectivity index (χ2v) is 6.83. The van der Waals surface area contributed by atoms with E-state index < -0.39 is 21.7 Å². The number of rotatable bonds is 5. The Morgan fingerprint density at radius 2 is 2.29 bits per heavy atom. The molecule has 2 atom stereocenters. The van der Waals surface area contributed by atoms with E-state index in [1.807, 2.05) is 0 Å². The van der Waals surface area contributed by atoms with Crippen LogP contribution >= 0.6 is 0 Å². The molecule has 1 aromatic carbocycles. The zero-order valence-corrected chi connectivity index (χ0v) is 12.8. The number of nitrogens with one attached hydrogen (secondary N) is 1. The summed E-state index contributed by atoms with van der Waals surface area (Å²) in [6, 6.07) is 4.32. The average Bonchev–Trinajstić information content (AvgIpc) is 2.77. The van der Waals surface area contributed by atoms with Crippen LogP contribution in [-0.2, 0) is 14.8 Å². The number of anilines is 1. The molecule has 2 rings (SSSR count). The number of ether oxygens (including phenoxy) is 2. The van der Waals surface area contributed by atoms with E-state index in [-0.39, 0.29) is 17.1 Å². The topological polar surface area (TPSA) is 111 Å². The molecule has 1 heterocycles. The van der Waals surface area contributed by atoms with E-state index in [1.54, 1.807) is 6.92 Å². The van der Waals surface area contributed by atoms with Gasteiger partial charge in [-0.2, -0.15) is 0 Å². The molecule has 1 saturated heterocycles. The third kappa shape index (κ3) is 3.29. The van der Waals surface area contributed by atoms with Crippen LogP contribution in [0, 0.1) is 0 Å². The average molecular weight is 316 g/mol. The number of methoxy groups -OCH3 is 1. The third-order valence-corrected chi connectivity index (χ3v) is 5.21. The lowest BCUT2D eigenvalue weighted by Gasteiger charge is -2.26. The van der Waals surface area contributed by atoms with Gasteiger partial charge in [0.15, 0.2) is 0 Å². The summed E-state index contributed by atoms with van der Waals surface area (Å²) >= 11 is 0. The predicted molar refractivity (Wildman–Crippen MR) is 77.6 cm³/mol. The van der Waals surface area contributed by atoms with Crippen LogP contribution in [0.2, 0.25) is 0 Å². The normalized spacial score (nSPS) is 26.0. The van der Waals surface area contributed by atoms with Gasteiger partial charge >= 0.3 is 0 Å². The molecule has 8 heteroatoms. The fourth-order valence-electron chi connectivity index (χ4n) is 2.20. The van der Waals surface area contributed by atoms with Gasteiger partial charge in [0, 0.05) is 25.6 Å². The summed E-state index contributed by atoms with van der Waals surface area (Å²) in [5, 5.41) is 10.3. The fourth-order valence-corrected chi connectivity index (χ4v) is 3.41. The van der Waals surface area contributed by atoms with Crippen molar-refractivity contribution < 1.29 is 23.0 Å². The van der Waals surface area contributed by atoms with E-state index in [9.17, 15) is 13.5 Å². The number of nitrogen functional groups attached to an aromatic ring is 1. The van der Waals surface area contributed by atoms with Crippen molar-refractivity contribution in [3.8, 4) is 5.75 Å². The Kier molecular flexibility index (Phi) is 4.43. The molecule has 7 nitrogen and oxygen atoms in total. The minimum atomic E-state index is -3.81. The van der Waals surface area contributed by atoms with Crippen LogP contribution < -0.4 is 15.2 Å². The second kappa shape index (κ2) is 5.80. The van der Waals surface area contributed by atoms with Gasteiger partial charge in [-0.15, -0.1) is 0 Å². The molecule has 21 heavy (non-hydrogen) atoms. The Hall–Kier alpha value is -1.35. The van der Waals surface area contributed by atoms with Crippen molar-refractivity contribution in [1.82, 2.24) is 4.72 Å². The highest BCUT2D eigenvalue weighted by Crippen LogP contribution is 2.27. The lowest BCUT2D eigenvalue weighted by atomic mass is 9.97. The van der Waals surface area contributed by atoms with Gasteiger partial charge in [-0.25, -0.2) is 13.1 Å². The molecule has 1 fully saturated rings. The first-order valence-electron chi connectivity index (χ1n) is 6.56. The molecule has 118 valence electrons. The number of hydrogen-bond donors (Lipinski definition) is 3. The van der Waals surface area contributed by atoms with Gasteiger partial charge in [-0.3, -0.25) is 0 Å². The molecule has 0 radical (unpaired) electrons.